The van der Waals surface area contributed by atoms with Crippen LogP contribution in [0.15, 0.2) is 18.2 Å². The topological polar surface area (TPSA) is 64.9 Å². The van der Waals surface area contributed by atoms with E-state index in [2.05, 4.69) is 5.73 Å². The molecule has 0 saturated heterocycles. The van der Waals surface area contributed by atoms with Gasteiger partial charge in [-0.3, -0.25) is 0 Å². The highest BCUT2D eigenvalue weighted by atomic mass is 19.1. The average Bonchev–Trinajstić information content (AvgIpc) is 1.94. The van der Waals surface area contributed by atoms with Crippen molar-refractivity contribution in [1.82, 2.24) is 0 Å². The summed E-state index contributed by atoms with van der Waals surface area (Å²) in [4.78, 5) is 10.3. The Bertz CT molecular complexity index is 298. The van der Waals surface area contributed by atoms with E-state index in [4.69, 9.17) is 5.11 Å². The number of carboxylic acid groups (broad SMARTS) is 1. The van der Waals surface area contributed by atoms with Gasteiger partial charge in [0, 0.05) is 6.07 Å². The van der Waals surface area contributed by atoms with Crippen LogP contribution in [0.1, 0.15) is 10.4 Å². The molecule has 0 heterocycles. The van der Waals surface area contributed by atoms with Gasteiger partial charge in [0.1, 0.15) is 0 Å². The van der Waals surface area contributed by atoms with Crippen molar-refractivity contribution in [3.8, 4) is 0 Å². The van der Waals surface area contributed by atoms with Crippen molar-refractivity contribution in [2.24, 2.45) is 0 Å². The summed E-state index contributed by atoms with van der Waals surface area (Å²) in [5.41, 5.74) is 3.50. The van der Waals surface area contributed by atoms with Crippen LogP contribution in [0, 0.1) is 5.82 Å². The molecule has 1 aromatic carbocycles. The molecular formula is C7H7FNO2+. The third-order valence-electron chi connectivity index (χ3n) is 1.30. The molecule has 0 atom stereocenters. The molecule has 0 fully saturated rings. The van der Waals surface area contributed by atoms with Gasteiger partial charge in [0.15, 0.2) is 11.5 Å². The molecule has 0 saturated carbocycles. The van der Waals surface area contributed by atoms with Crippen molar-refractivity contribution in [2.45, 2.75) is 0 Å². The third-order valence-corrected chi connectivity index (χ3v) is 1.30. The summed E-state index contributed by atoms with van der Waals surface area (Å²) in [6.45, 7) is 0. The van der Waals surface area contributed by atoms with Crippen LogP contribution in [-0.2, 0) is 0 Å². The van der Waals surface area contributed by atoms with E-state index in [1.807, 2.05) is 0 Å². The predicted octanol–water partition coefficient (Wildman–Crippen LogP) is 0.397. The lowest BCUT2D eigenvalue weighted by Gasteiger charge is -1.93. The molecule has 3 nitrogen and oxygen atoms in total. The zero-order chi connectivity index (χ0) is 8.43. The Hall–Kier alpha value is -1.42. The van der Waals surface area contributed by atoms with Gasteiger partial charge in [0.05, 0.1) is 5.56 Å². The summed E-state index contributed by atoms with van der Waals surface area (Å²) in [6.07, 6.45) is 0. The predicted molar refractivity (Wildman–Crippen MR) is 35.9 cm³/mol. The van der Waals surface area contributed by atoms with Crippen molar-refractivity contribution in [3.05, 3.63) is 29.6 Å². The fourth-order valence-electron chi connectivity index (χ4n) is 0.680. The molecule has 0 aliphatic rings. The van der Waals surface area contributed by atoms with Crippen LogP contribution in [-0.4, -0.2) is 11.1 Å². The summed E-state index contributed by atoms with van der Waals surface area (Å²) in [5, 5.41) is 8.41. The van der Waals surface area contributed by atoms with Crippen molar-refractivity contribution in [1.29, 1.82) is 0 Å². The van der Waals surface area contributed by atoms with E-state index < -0.39 is 11.8 Å². The van der Waals surface area contributed by atoms with Crippen LogP contribution >= 0.6 is 0 Å². The largest absolute Gasteiger partial charge is 0.478 e. The van der Waals surface area contributed by atoms with Gasteiger partial charge in [0.2, 0.25) is 0 Å². The van der Waals surface area contributed by atoms with Crippen LogP contribution < -0.4 is 5.73 Å². The first-order valence-electron chi connectivity index (χ1n) is 2.96. The van der Waals surface area contributed by atoms with Crippen LogP contribution in [0.4, 0.5) is 10.1 Å². The number of halogens is 1. The SMILES string of the molecule is [NH3+]c1ccc(C(=O)O)cc1F. The minimum absolute atomic E-state index is 0.0603. The molecule has 0 amide bonds. The number of carbonyl (C=O) groups is 1. The maximum atomic E-state index is 12.6. The quantitative estimate of drug-likeness (QED) is 0.618. The van der Waals surface area contributed by atoms with E-state index >= 15 is 0 Å². The number of quaternary nitrogens is 1. The van der Waals surface area contributed by atoms with E-state index in [1.165, 1.54) is 12.1 Å². The average molecular weight is 156 g/mol. The molecule has 0 radical (unpaired) electrons. The number of hydrogen-bond donors (Lipinski definition) is 2. The molecule has 0 bridgehead atoms. The zero-order valence-electron chi connectivity index (χ0n) is 5.67. The Kier molecular flexibility index (Phi) is 1.87. The number of rotatable bonds is 1. The van der Waals surface area contributed by atoms with E-state index in [0.717, 1.165) is 6.07 Å². The van der Waals surface area contributed by atoms with Gasteiger partial charge in [-0.2, -0.15) is 0 Å². The van der Waals surface area contributed by atoms with Gasteiger partial charge < -0.3 is 10.8 Å². The van der Waals surface area contributed by atoms with Crippen LogP contribution in [0.3, 0.4) is 0 Å². The number of carboxylic acids is 1. The highest BCUT2D eigenvalue weighted by Gasteiger charge is 2.07. The zero-order valence-corrected chi connectivity index (χ0v) is 5.67. The molecule has 1 rings (SSSR count). The van der Waals surface area contributed by atoms with Crippen molar-refractivity contribution in [3.63, 3.8) is 0 Å². The van der Waals surface area contributed by atoms with E-state index in [0.29, 0.717) is 0 Å². The second-order valence-corrected chi connectivity index (χ2v) is 2.11. The fourth-order valence-corrected chi connectivity index (χ4v) is 0.680. The van der Waals surface area contributed by atoms with Gasteiger partial charge in [0.25, 0.3) is 0 Å². The summed E-state index contributed by atoms with van der Waals surface area (Å²) < 4.78 is 12.6. The van der Waals surface area contributed by atoms with E-state index in [1.54, 1.807) is 0 Å². The minimum atomic E-state index is -1.14. The minimum Gasteiger partial charge on any atom is -0.478 e. The molecule has 0 aliphatic heterocycles. The molecule has 11 heavy (non-hydrogen) atoms. The lowest BCUT2D eigenvalue weighted by molar-refractivity contribution is -0.258. The van der Waals surface area contributed by atoms with Crippen molar-refractivity contribution >= 4 is 11.7 Å². The number of aromatic carboxylic acids is 1. The van der Waals surface area contributed by atoms with Crippen molar-refractivity contribution in [2.75, 3.05) is 0 Å². The van der Waals surface area contributed by atoms with E-state index in [9.17, 15) is 9.18 Å². The second kappa shape index (κ2) is 2.67. The monoisotopic (exact) mass is 156 g/mol. The Balaban J connectivity index is 3.15. The van der Waals surface area contributed by atoms with Gasteiger partial charge in [-0.25, -0.2) is 9.18 Å². The Labute approximate surface area is 62.3 Å². The molecule has 0 spiro atoms. The molecular weight excluding hydrogens is 149 g/mol. The molecule has 0 aliphatic carbocycles. The molecule has 58 valence electrons. The fraction of sp³-hybridized carbons (Fsp3) is 0. The molecule has 0 aromatic heterocycles. The van der Waals surface area contributed by atoms with E-state index in [-0.39, 0.29) is 11.3 Å². The first kappa shape index (κ1) is 7.68. The van der Waals surface area contributed by atoms with Gasteiger partial charge in [-0.05, 0) is 12.1 Å². The third kappa shape index (κ3) is 1.53. The summed E-state index contributed by atoms with van der Waals surface area (Å²) in [7, 11) is 0. The standard InChI is InChI=1S/C7H6FNO2/c8-5-3-4(7(10)11)1-2-6(5)9/h1-3H,9H2,(H,10,11)/p+1. The Morgan fingerprint density at radius 3 is 2.64 bits per heavy atom. The molecule has 0 unspecified atom stereocenters. The number of hydrogen-bond acceptors (Lipinski definition) is 1. The second-order valence-electron chi connectivity index (χ2n) is 2.11. The van der Waals surface area contributed by atoms with Crippen molar-refractivity contribution < 1.29 is 20.0 Å². The Morgan fingerprint density at radius 1 is 1.55 bits per heavy atom. The maximum absolute atomic E-state index is 12.6. The lowest BCUT2D eigenvalue weighted by Crippen LogP contribution is -2.41. The summed E-state index contributed by atoms with van der Waals surface area (Å²) >= 11 is 0. The molecule has 4 N–H and O–H groups in total. The van der Waals surface area contributed by atoms with Crippen LogP contribution in [0.5, 0.6) is 0 Å². The van der Waals surface area contributed by atoms with Crippen LogP contribution in [0.25, 0.3) is 0 Å². The lowest BCUT2D eigenvalue weighted by atomic mass is 10.2. The first-order chi connectivity index (χ1) is 5.11. The molecule has 4 heteroatoms. The highest BCUT2D eigenvalue weighted by molar-refractivity contribution is 5.87. The molecule has 1 aromatic rings. The summed E-state index contributed by atoms with van der Waals surface area (Å²) in [5.74, 6) is -1.73. The first-order valence-corrected chi connectivity index (χ1v) is 2.96. The highest BCUT2D eigenvalue weighted by Crippen LogP contribution is 2.09. The van der Waals surface area contributed by atoms with Gasteiger partial charge in [-0.15, -0.1) is 0 Å². The summed E-state index contributed by atoms with van der Waals surface area (Å²) in [6, 6.07) is 3.59. The Morgan fingerprint density at radius 2 is 2.18 bits per heavy atom. The normalized spacial score (nSPS) is 9.64. The van der Waals surface area contributed by atoms with Crippen LogP contribution in [0.2, 0.25) is 0 Å². The number of benzene rings is 1. The van der Waals surface area contributed by atoms with Gasteiger partial charge >= 0.3 is 5.97 Å². The van der Waals surface area contributed by atoms with Gasteiger partial charge in [-0.1, -0.05) is 0 Å². The maximum Gasteiger partial charge on any atom is 0.335 e. The smallest absolute Gasteiger partial charge is 0.335 e.